The van der Waals surface area contributed by atoms with Crippen molar-refractivity contribution in [2.24, 2.45) is 5.73 Å². The smallest absolute Gasteiger partial charge is 0.165 e. The van der Waals surface area contributed by atoms with E-state index < -0.39 is 5.82 Å². The van der Waals surface area contributed by atoms with Crippen molar-refractivity contribution in [2.45, 2.75) is 25.3 Å². The van der Waals surface area contributed by atoms with E-state index in [9.17, 15) is 4.39 Å². The first-order valence-corrected chi connectivity index (χ1v) is 6.35. The monoisotopic (exact) mass is 261 g/mol. The molecule has 1 aromatic heterocycles. The summed E-state index contributed by atoms with van der Waals surface area (Å²) in [5, 5.41) is 0. The van der Waals surface area contributed by atoms with Crippen molar-refractivity contribution >= 4 is 0 Å². The molecule has 1 aromatic carbocycles. The molecular weight excluding hydrogens is 245 g/mol. The summed E-state index contributed by atoms with van der Waals surface area (Å²) in [6.45, 7) is 0.428. The molecule has 19 heavy (non-hydrogen) atoms. The fourth-order valence-electron chi connectivity index (χ4n) is 2.22. The molecule has 1 aliphatic carbocycles. The normalized spacial score (nSPS) is 14.7. The van der Waals surface area contributed by atoms with E-state index in [0.717, 1.165) is 24.2 Å². The van der Waals surface area contributed by atoms with Crippen molar-refractivity contribution in [1.29, 1.82) is 0 Å². The van der Waals surface area contributed by atoms with Crippen molar-refractivity contribution in [1.82, 2.24) is 9.97 Å². The number of hydrogen-bond acceptors (Lipinski definition) is 3. The molecule has 5 heteroatoms. The van der Waals surface area contributed by atoms with Crippen LogP contribution in [0.15, 0.2) is 18.2 Å². The van der Waals surface area contributed by atoms with Gasteiger partial charge in [-0.15, -0.1) is 0 Å². The molecule has 0 amide bonds. The number of methoxy groups -OCH3 is 1. The van der Waals surface area contributed by atoms with Gasteiger partial charge in [0.25, 0.3) is 0 Å². The van der Waals surface area contributed by atoms with E-state index in [-0.39, 0.29) is 5.75 Å². The van der Waals surface area contributed by atoms with Gasteiger partial charge in [0.15, 0.2) is 11.6 Å². The van der Waals surface area contributed by atoms with E-state index in [0.29, 0.717) is 23.9 Å². The van der Waals surface area contributed by atoms with Gasteiger partial charge in [-0.3, -0.25) is 0 Å². The van der Waals surface area contributed by atoms with Crippen LogP contribution in [-0.2, 0) is 6.54 Å². The number of nitrogens with two attached hydrogens (primary N) is 1. The minimum Gasteiger partial charge on any atom is -0.494 e. The first kappa shape index (κ1) is 12.2. The molecule has 0 spiro atoms. The number of nitrogens with zero attached hydrogens (tertiary/aromatic N) is 1. The fourth-order valence-corrected chi connectivity index (χ4v) is 2.22. The van der Waals surface area contributed by atoms with Crippen LogP contribution < -0.4 is 10.5 Å². The Morgan fingerprint density at radius 1 is 1.47 bits per heavy atom. The van der Waals surface area contributed by atoms with Gasteiger partial charge in [0.05, 0.1) is 18.5 Å². The third-order valence-electron chi connectivity index (χ3n) is 3.40. The zero-order chi connectivity index (χ0) is 13.4. The number of benzene rings is 1. The van der Waals surface area contributed by atoms with Crippen LogP contribution in [0.5, 0.6) is 5.75 Å². The number of rotatable bonds is 4. The van der Waals surface area contributed by atoms with Gasteiger partial charge in [-0.25, -0.2) is 9.37 Å². The van der Waals surface area contributed by atoms with Crippen molar-refractivity contribution in [3.63, 3.8) is 0 Å². The number of imidazole rings is 1. The van der Waals surface area contributed by atoms with E-state index in [2.05, 4.69) is 9.97 Å². The van der Waals surface area contributed by atoms with Crippen molar-refractivity contribution < 1.29 is 9.13 Å². The summed E-state index contributed by atoms with van der Waals surface area (Å²) in [7, 11) is 1.45. The van der Waals surface area contributed by atoms with Crippen molar-refractivity contribution in [3.05, 3.63) is 35.4 Å². The third-order valence-corrected chi connectivity index (χ3v) is 3.40. The number of halogens is 1. The summed E-state index contributed by atoms with van der Waals surface area (Å²) in [4.78, 5) is 7.76. The highest BCUT2D eigenvalue weighted by Crippen LogP contribution is 2.41. The van der Waals surface area contributed by atoms with Crippen molar-refractivity contribution in [2.75, 3.05) is 7.11 Å². The highest BCUT2D eigenvalue weighted by molar-refractivity contribution is 5.58. The minimum absolute atomic E-state index is 0.233. The molecule has 100 valence electrons. The third kappa shape index (κ3) is 2.21. The predicted molar refractivity (Wildman–Crippen MR) is 70.4 cm³/mol. The Kier molecular flexibility index (Phi) is 2.98. The standard InChI is InChI=1S/C14H16FN3O/c1-19-12-5-4-9(6-10(12)15)14-17-11(7-16)13(18-14)8-2-3-8/h4-6,8H,2-3,7,16H2,1H3,(H,17,18). The Hall–Kier alpha value is -1.88. The van der Waals surface area contributed by atoms with Crippen LogP contribution in [0.4, 0.5) is 4.39 Å². The quantitative estimate of drug-likeness (QED) is 0.889. The van der Waals surface area contributed by atoms with Gasteiger partial charge in [-0.2, -0.15) is 0 Å². The summed E-state index contributed by atoms with van der Waals surface area (Å²) in [6, 6.07) is 4.82. The molecular formula is C14H16FN3O. The summed E-state index contributed by atoms with van der Waals surface area (Å²) >= 11 is 0. The van der Waals surface area contributed by atoms with E-state index in [1.165, 1.54) is 13.2 Å². The largest absolute Gasteiger partial charge is 0.494 e. The molecule has 0 radical (unpaired) electrons. The van der Waals surface area contributed by atoms with Crippen LogP contribution in [-0.4, -0.2) is 17.1 Å². The Balaban J connectivity index is 1.99. The summed E-state index contributed by atoms with van der Waals surface area (Å²) in [5.74, 6) is 1.03. The summed E-state index contributed by atoms with van der Waals surface area (Å²) in [5.41, 5.74) is 8.41. The Bertz CT molecular complexity index is 605. The molecule has 2 aromatic rings. The zero-order valence-electron chi connectivity index (χ0n) is 10.7. The van der Waals surface area contributed by atoms with Crippen LogP contribution in [0.3, 0.4) is 0 Å². The maximum absolute atomic E-state index is 13.7. The number of aromatic nitrogens is 2. The molecule has 1 saturated carbocycles. The number of hydrogen-bond donors (Lipinski definition) is 2. The van der Waals surface area contributed by atoms with Crippen LogP contribution in [0, 0.1) is 5.82 Å². The molecule has 0 bridgehead atoms. The molecule has 3 N–H and O–H groups in total. The average Bonchev–Trinajstić information content (AvgIpc) is 3.18. The van der Waals surface area contributed by atoms with Gasteiger partial charge < -0.3 is 15.5 Å². The van der Waals surface area contributed by atoms with Gasteiger partial charge >= 0.3 is 0 Å². The molecule has 1 aliphatic rings. The second kappa shape index (κ2) is 4.66. The number of H-pyrrole nitrogens is 1. The summed E-state index contributed by atoms with van der Waals surface area (Å²) in [6.07, 6.45) is 2.32. The van der Waals surface area contributed by atoms with E-state index >= 15 is 0 Å². The second-order valence-corrected chi connectivity index (χ2v) is 4.78. The number of nitrogens with one attached hydrogen (secondary N) is 1. The predicted octanol–water partition coefficient (Wildman–Crippen LogP) is 2.56. The van der Waals surface area contributed by atoms with Crippen LogP contribution in [0.25, 0.3) is 11.4 Å². The van der Waals surface area contributed by atoms with Gasteiger partial charge in [-0.05, 0) is 31.0 Å². The number of aromatic amines is 1. The average molecular weight is 261 g/mol. The molecule has 0 atom stereocenters. The fraction of sp³-hybridized carbons (Fsp3) is 0.357. The lowest BCUT2D eigenvalue weighted by Crippen LogP contribution is -1.99. The number of ether oxygens (including phenoxy) is 1. The highest BCUT2D eigenvalue weighted by Gasteiger charge is 2.29. The van der Waals surface area contributed by atoms with Crippen molar-refractivity contribution in [3.8, 4) is 17.1 Å². The first-order chi connectivity index (χ1) is 9.22. The molecule has 1 fully saturated rings. The Labute approximate surface area is 110 Å². The van der Waals surface area contributed by atoms with Crippen LogP contribution in [0.2, 0.25) is 0 Å². The molecule has 3 rings (SSSR count). The molecule has 0 unspecified atom stereocenters. The topological polar surface area (TPSA) is 63.9 Å². The maximum atomic E-state index is 13.7. The Morgan fingerprint density at radius 2 is 2.26 bits per heavy atom. The zero-order valence-corrected chi connectivity index (χ0v) is 10.7. The van der Waals surface area contributed by atoms with Gasteiger partial charge in [0, 0.05) is 18.0 Å². The minimum atomic E-state index is -0.390. The van der Waals surface area contributed by atoms with E-state index in [1.807, 2.05) is 0 Å². The lowest BCUT2D eigenvalue weighted by atomic mass is 10.2. The first-order valence-electron chi connectivity index (χ1n) is 6.35. The van der Waals surface area contributed by atoms with E-state index in [1.54, 1.807) is 12.1 Å². The van der Waals surface area contributed by atoms with E-state index in [4.69, 9.17) is 10.5 Å². The molecule has 4 nitrogen and oxygen atoms in total. The second-order valence-electron chi connectivity index (χ2n) is 4.78. The maximum Gasteiger partial charge on any atom is 0.165 e. The van der Waals surface area contributed by atoms with Gasteiger partial charge in [-0.1, -0.05) is 0 Å². The molecule has 0 aliphatic heterocycles. The SMILES string of the molecule is COc1ccc(-c2nc(C3CC3)c(CN)[nH]2)cc1F. The molecule has 1 heterocycles. The van der Waals surface area contributed by atoms with Gasteiger partial charge in [0.1, 0.15) is 5.82 Å². The highest BCUT2D eigenvalue weighted by atomic mass is 19.1. The Morgan fingerprint density at radius 3 is 2.84 bits per heavy atom. The lowest BCUT2D eigenvalue weighted by Gasteiger charge is -2.03. The lowest BCUT2D eigenvalue weighted by molar-refractivity contribution is 0.386. The van der Waals surface area contributed by atoms with Crippen LogP contribution >= 0.6 is 0 Å². The molecule has 0 saturated heterocycles. The van der Waals surface area contributed by atoms with Crippen LogP contribution in [0.1, 0.15) is 30.1 Å². The summed E-state index contributed by atoms with van der Waals surface area (Å²) < 4.78 is 18.6. The van der Waals surface area contributed by atoms with Gasteiger partial charge in [0.2, 0.25) is 0 Å².